The van der Waals surface area contributed by atoms with E-state index in [0.29, 0.717) is 11.6 Å². The van der Waals surface area contributed by atoms with Gasteiger partial charge in [0.1, 0.15) is 5.69 Å². The SMILES string of the molecule is Cn1cc(CNC(=O)N2CCCC2c2ccccc2Cl)nn1. The van der Waals surface area contributed by atoms with E-state index in [9.17, 15) is 4.79 Å². The van der Waals surface area contributed by atoms with Gasteiger partial charge in [-0.3, -0.25) is 4.68 Å². The standard InChI is InChI=1S/C15H18ClN5O/c1-20-10-11(18-19-20)9-17-15(22)21-8-4-7-14(21)12-5-2-3-6-13(12)16/h2-3,5-6,10,14H,4,7-9H2,1H3,(H,17,22). The zero-order chi connectivity index (χ0) is 15.5. The van der Waals surface area contributed by atoms with E-state index in [-0.39, 0.29) is 12.1 Å². The Morgan fingerprint density at radius 2 is 2.27 bits per heavy atom. The Morgan fingerprint density at radius 1 is 1.45 bits per heavy atom. The van der Waals surface area contributed by atoms with Gasteiger partial charge in [-0.05, 0) is 24.5 Å². The van der Waals surface area contributed by atoms with Crippen LogP contribution < -0.4 is 5.32 Å². The van der Waals surface area contributed by atoms with E-state index >= 15 is 0 Å². The largest absolute Gasteiger partial charge is 0.332 e. The average molecular weight is 320 g/mol. The lowest BCUT2D eigenvalue weighted by Crippen LogP contribution is -2.39. The topological polar surface area (TPSA) is 63.1 Å². The number of hydrogen-bond donors (Lipinski definition) is 1. The van der Waals surface area contributed by atoms with E-state index in [2.05, 4.69) is 15.6 Å². The van der Waals surface area contributed by atoms with Crippen molar-refractivity contribution in [3.63, 3.8) is 0 Å². The number of halogens is 1. The first kappa shape index (κ1) is 14.8. The van der Waals surface area contributed by atoms with Crippen molar-refractivity contribution in [3.05, 3.63) is 46.7 Å². The number of carbonyl (C=O) groups is 1. The first-order valence-electron chi connectivity index (χ1n) is 7.29. The van der Waals surface area contributed by atoms with Crippen LogP contribution in [0.25, 0.3) is 0 Å². The Labute approximate surface area is 134 Å². The van der Waals surface area contributed by atoms with Crippen LogP contribution in [0.5, 0.6) is 0 Å². The van der Waals surface area contributed by atoms with Crippen LogP contribution in [0.15, 0.2) is 30.5 Å². The summed E-state index contributed by atoms with van der Waals surface area (Å²) in [7, 11) is 1.80. The summed E-state index contributed by atoms with van der Waals surface area (Å²) in [4.78, 5) is 14.3. The second kappa shape index (κ2) is 6.36. The van der Waals surface area contributed by atoms with Gasteiger partial charge in [0.05, 0.1) is 12.6 Å². The smallest absolute Gasteiger partial charge is 0.318 e. The number of carbonyl (C=O) groups excluding carboxylic acids is 1. The fraction of sp³-hybridized carbons (Fsp3) is 0.400. The van der Waals surface area contributed by atoms with Gasteiger partial charge in [-0.15, -0.1) is 5.10 Å². The molecular weight excluding hydrogens is 302 g/mol. The van der Waals surface area contributed by atoms with Gasteiger partial charge in [-0.2, -0.15) is 0 Å². The summed E-state index contributed by atoms with van der Waals surface area (Å²) in [5.74, 6) is 0. The number of benzene rings is 1. The highest BCUT2D eigenvalue weighted by Crippen LogP contribution is 2.35. The van der Waals surface area contributed by atoms with E-state index in [0.717, 1.165) is 30.6 Å². The van der Waals surface area contributed by atoms with Crippen molar-refractivity contribution in [3.8, 4) is 0 Å². The van der Waals surface area contributed by atoms with Gasteiger partial charge in [0.25, 0.3) is 0 Å². The zero-order valence-electron chi connectivity index (χ0n) is 12.4. The molecule has 2 aromatic rings. The molecule has 1 aliphatic heterocycles. The van der Waals surface area contributed by atoms with Crippen molar-refractivity contribution < 1.29 is 4.79 Å². The molecule has 3 rings (SSSR count). The van der Waals surface area contributed by atoms with Gasteiger partial charge < -0.3 is 10.2 Å². The molecule has 116 valence electrons. The molecule has 0 spiro atoms. The molecular formula is C15H18ClN5O. The molecule has 0 radical (unpaired) electrons. The third kappa shape index (κ3) is 3.06. The predicted molar refractivity (Wildman–Crippen MR) is 83.4 cm³/mol. The minimum absolute atomic E-state index is 0.0376. The highest BCUT2D eigenvalue weighted by atomic mass is 35.5. The van der Waals surface area contributed by atoms with Crippen LogP contribution in [0.4, 0.5) is 4.79 Å². The van der Waals surface area contributed by atoms with E-state index < -0.39 is 0 Å². The second-order valence-corrected chi connectivity index (χ2v) is 5.82. The number of aromatic nitrogens is 3. The molecule has 1 aliphatic rings. The summed E-state index contributed by atoms with van der Waals surface area (Å²) in [5, 5.41) is 11.4. The maximum absolute atomic E-state index is 12.4. The highest BCUT2D eigenvalue weighted by molar-refractivity contribution is 6.31. The van der Waals surface area contributed by atoms with Crippen LogP contribution in [-0.2, 0) is 13.6 Å². The summed E-state index contributed by atoms with van der Waals surface area (Å²) in [6, 6.07) is 7.66. The Balaban J connectivity index is 1.67. The Kier molecular flexibility index (Phi) is 4.29. The molecule has 1 atom stereocenters. The molecule has 22 heavy (non-hydrogen) atoms. The molecule has 1 aromatic heterocycles. The summed E-state index contributed by atoms with van der Waals surface area (Å²) < 4.78 is 1.61. The van der Waals surface area contributed by atoms with Gasteiger partial charge in [0.15, 0.2) is 0 Å². The van der Waals surface area contributed by atoms with E-state index in [4.69, 9.17) is 11.6 Å². The van der Waals surface area contributed by atoms with Crippen molar-refractivity contribution in [2.45, 2.75) is 25.4 Å². The molecule has 1 unspecified atom stereocenters. The Bertz CT molecular complexity index is 671. The number of aryl methyl sites for hydroxylation is 1. The van der Waals surface area contributed by atoms with Crippen LogP contribution in [0, 0.1) is 0 Å². The number of likely N-dealkylation sites (tertiary alicyclic amines) is 1. The maximum atomic E-state index is 12.4. The van der Waals surface area contributed by atoms with Crippen molar-refractivity contribution in [1.29, 1.82) is 0 Å². The lowest BCUT2D eigenvalue weighted by Gasteiger charge is -2.25. The number of rotatable bonds is 3. The van der Waals surface area contributed by atoms with E-state index in [1.165, 1.54) is 0 Å². The first-order chi connectivity index (χ1) is 10.6. The molecule has 2 heterocycles. The maximum Gasteiger partial charge on any atom is 0.318 e. The normalized spacial score (nSPS) is 17.7. The van der Waals surface area contributed by atoms with Crippen molar-refractivity contribution >= 4 is 17.6 Å². The van der Waals surface area contributed by atoms with Gasteiger partial charge in [-0.1, -0.05) is 35.0 Å². The monoisotopic (exact) mass is 319 g/mol. The zero-order valence-corrected chi connectivity index (χ0v) is 13.1. The molecule has 6 nitrogen and oxygen atoms in total. The van der Waals surface area contributed by atoms with Crippen LogP contribution >= 0.6 is 11.6 Å². The number of nitrogens with one attached hydrogen (secondary N) is 1. The van der Waals surface area contributed by atoms with Crippen LogP contribution in [-0.4, -0.2) is 32.5 Å². The summed E-state index contributed by atoms with van der Waals surface area (Å²) in [5.41, 5.74) is 1.75. The quantitative estimate of drug-likeness (QED) is 0.945. The van der Waals surface area contributed by atoms with Crippen LogP contribution in [0.1, 0.15) is 30.1 Å². The predicted octanol–water partition coefficient (Wildman–Crippen LogP) is 2.52. The fourth-order valence-electron chi connectivity index (χ4n) is 2.82. The third-order valence-electron chi connectivity index (χ3n) is 3.85. The van der Waals surface area contributed by atoms with Gasteiger partial charge in [0.2, 0.25) is 0 Å². The van der Waals surface area contributed by atoms with Gasteiger partial charge in [0, 0.05) is 24.8 Å². The molecule has 1 aromatic carbocycles. The molecule has 7 heteroatoms. The van der Waals surface area contributed by atoms with Gasteiger partial charge in [-0.25, -0.2) is 4.79 Å². The second-order valence-electron chi connectivity index (χ2n) is 5.42. The highest BCUT2D eigenvalue weighted by Gasteiger charge is 2.31. The van der Waals surface area contributed by atoms with Crippen molar-refractivity contribution in [2.75, 3.05) is 6.54 Å². The molecule has 0 saturated carbocycles. The lowest BCUT2D eigenvalue weighted by molar-refractivity contribution is 0.192. The first-order valence-corrected chi connectivity index (χ1v) is 7.67. The van der Waals surface area contributed by atoms with Gasteiger partial charge >= 0.3 is 6.03 Å². The van der Waals surface area contributed by atoms with Crippen molar-refractivity contribution in [1.82, 2.24) is 25.2 Å². The number of hydrogen-bond acceptors (Lipinski definition) is 3. The lowest BCUT2D eigenvalue weighted by atomic mass is 10.0. The van der Waals surface area contributed by atoms with Crippen LogP contribution in [0.3, 0.4) is 0 Å². The Hall–Kier alpha value is -2.08. The molecule has 1 fully saturated rings. The van der Waals surface area contributed by atoms with E-state index in [1.54, 1.807) is 17.9 Å². The summed E-state index contributed by atoms with van der Waals surface area (Å²) in [6.07, 6.45) is 3.70. The minimum Gasteiger partial charge on any atom is -0.332 e. The number of urea groups is 1. The van der Waals surface area contributed by atoms with E-state index in [1.807, 2.05) is 29.2 Å². The minimum atomic E-state index is -0.0897. The molecule has 2 amide bonds. The van der Waals surface area contributed by atoms with Crippen LogP contribution in [0.2, 0.25) is 5.02 Å². The number of amides is 2. The average Bonchev–Trinajstić information content (AvgIpc) is 3.14. The summed E-state index contributed by atoms with van der Waals surface area (Å²) >= 11 is 6.27. The molecule has 1 N–H and O–H groups in total. The Morgan fingerprint density at radius 3 is 3.00 bits per heavy atom. The van der Waals surface area contributed by atoms with Crippen molar-refractivity contribution in [2.24, 2.45) is 7.05 Å². The molecule has 0 aliphatic carbocycles. The fourth-order valence-corrected chi connectivity index (χ4v) is 3.08. The summed E-state index contributed by atoms with van der Waals surface area (Å²) in [6.45, 7) is 1.11. The molecule has 1 saturated heterocycles. The molecule has 0 bridgehead atoms. The number of nitrogens with zero attached hydrogens (tertiary/aromatic N) is 4. The third-order valence-corrected chi connectivity index (χ3v) is 4.19.